The van der Waals surface area contributed by atoms with Crippen molar-refractivity contribution in [3.8, 4) is 0 Å². The minimum Gasteiger partial charge on any atom is -0.356 e. The van der Waals surface area contributed by atoms with E-state index >= 15 is 0 Å². The van der Waals surface area contributed by atoms with Crippen molar-refractivity contribution < 1.29 is 14.4 Å². The van der Waals surface area contributed by atoms with Gasteiger partial charge in [-0.2, -0.15) is 0 Å². The number of amides is 4. The first-order valence-corrected chi connectivity index (χ1v) is 9.11. The first-order chi connectivity index (χ1) is 13.1. The fourth-order valence-corrected chi connectivity index (χ4v) is 3.28. The number of carbonyl (C=O) groups excluding carboxylic acids is 3. The summed E-state index contributed by atoms with van der Waals surface area (Å²) < 4.78 is 0. The molecule has 27 heavy (non-hydrogen) atoms. The van der Waals surface area contributed by atoms with Crippen LogP contribution in [0, 0.1) is 0 Å². The number of hydrogen-bond donors (Lipinski definition) is 3. The van der Waals surface area contributed by atoms with Crippen molar-refractivity contribution >= 4 is 17.8 Å². The Bertz CT molecular complexity index is 753. The van der Waals surface area contributed by atoms with Gasteiger partial charge >= 0.3 is 6.03 Å². The molecule has 4 amide bonds. The Kier molecular flexibility index (Phi) is 6.20. The minimum atomic E-state index is -0.621. The maximum Gasteiger partial charge on any atom is 0.322 e. The normalized spacial score (nSPS) is 16.1. The zero-order valence-electron chi connectivity index (χ0n) is 15.0. The van der Waals surface area contributed by atoms with Crippen molar-refractivity contribution in [2.75, 3.05) is 6.54 Å². The first kappa shape index (κ1) is 18.6. The molecule has 0 aliphatic carbocycles. The van der Waals surface area contributed by atoms with Crippen molar-refractivity contribution in [2.24, 2.45) is 0 Å². The molecular formula is C21H23N3O3. The number of benzene rings is 2. The highest BCUT2D eigenvalue weighted by atomic mass is 16.2. The highest BCUT2D eigenvalue weighted by Crippen LogP contribution is 2.27. The molecule has 2 aromatic rings. The van der Waals surface area contributed by atoms with Gasteiger partial charge in [-0.1, -0.05) is 60.7 Å². The summed E-state index contributed by atoms with van der Waals surface area (Å²) in [5.74, 6) is -0.294. The van der Waals surface area contributed by atoms with Crippen LogP contribution in [0.4, 0.5) is 4.79 Å². The molecule has 6 heteroatoms. The van der Waals surface area contributed by atoms with Gasteiger partial charge in [0.05, 0.1) is 0 Å². The molecule has 1 atom stereocenters. The summed E-state index contributed by atoms with van der Waals surface area (Å²) >= 11 is 0. The van der Waals surface area contributed by atoms with Crippen LogP contribution in [0.3, 0.4) is 0 Å². The predicted octanol–water partition coefficient (Wildman–Crippen LogP) is 2.31. The molecule has 1 aliphatic heterocycles. The van der Waals surface area contributed by atoms with Gasteiger partial charge in [0.2, 0.25) is 5.91 Å². The molecule has 1 fully saturated rings. The largest absolute Gasteiger partial charge is 0.356 e. The zero-order valence-corrected chi connectivity index (χ0v) is 15.0. The van der Waals surface area contributed by atoms with Gasteiger partial charge in [0.15, 0.2) is 0 Å². The lowest BCUT2D eigenvalue weighted by atomic mass is 9.88. The van der Waals surface area contributed by atoms with Crippen LogP contribution in [0.2, 0.25) is 0 Å². The highest BCUT2D eigenvalue weighted by Gasteiger charge is 2.29. The van der Waals surface area contributed by atoms with Gasteiger partial charge in [-0.05, 0) is 24.0 Å². The molecule has 2 aromatic carbocycles. The lowest BCUT2D eigenvalue weighted by Crippen LogP contribution is -2.32. The van der Waals surface area contributed by atoms with Gasteiger partial charge in [-0.3, -0.25) is 14.9 Å². The number of rotatable bonds is 8. The average molecular weight is 365 g/mol. The second-order valence-corrected chi connectivity index (χ2v) is 6.57. The van der Waals surface area contributed by atoms with Gasteiger partial charge in [0.1, 0.15) is 6.04 Å². The van der Waals surface area contributed by atoms with Crippen LogP contribution in [0.25, 0.3) is 0 Å². The quantitative estimate of drug-likeness (QED) is 0.628. The van der Waals surface area contributed by atoms with E-state index in [4.69, 9.17) is 0 Å². The summed E-state index contributed by atoms with van der Waals surface area (Å²) in [5, 5.41) is 7.58. The van der Waals surface area contributed by atoms with Crippen molar-refractivity contribution in [3.63, 3.8) is 0 Å². The van der Waals surface area contributed by atoms with E-state index in [0.717, 1.165) is 6.42 Å². The summed E-state index contributed by atoms with van der Waals surface area (Å²) in [6, 6.07) is 19.3. The van der Waals surface area contributed by atoms with Crippen LogP contribution in [-0.4, -0.2) is 30.4 Å². The summed E-state index contributed by atoms with van der Waals surface area (Å²) in [7, 11) is 0. The van der Waals surface area contributed by atoms with E-state index in [0.29, 0.717) is 13.0 Å². The second-order valence-electron chi connectivity index (χ2n) is 6.57. The van der Waals surface area contributed by atoms with Crippen LogP contribution in [0.5, 0.6) is 0 Å². The number of carbonyl (C=O) groups is 3. The minimum absolute atomic E-state index is 0.121. The van der Waals surface area contributed by atoms with Crippen molar-refractivity contribution in [1.82, 2.24) is 16.0 Å². The fourth-order valence-electron chi connectivity index (χ4n) is 3.28. The van der Waals surface area contributed by atoms with Gasteiger partial charge in [0.25, 0.3) is 5.91 Å². The van der Waals surface area contributed by atoms with E-state index < -0.39 is 12.1 Å². The summed E-state index contributed by atoms with van der Waals surface area (Å²) in [6.45, 7) is 0.538. The molecule has 0 aromatic heterocycles. The van der Waals surface area contributed by atoms with E-state index in [2.05, 4.69) is 40.2 Å². The molecule has 140 valence electrons. The molecule has 1 saturated heterocycles. The second kappa shape index (κ2) is 8.98. The van der Waals surface area contributed by atoms with E-state index in [1.807, 2.05) is 36.4 Å². The SMILES string of the molecule is O=C(CC[C@H]1NC(=O)NC1=O)NCCC(c1ccccc1)c1ccccc1. The monoisotopic (exact) mass is 365 g/mol. The van der Waals surface area contributed by atoms with Crippen LogP contribution in [0.15, 0.2) is 60.7 Å². The Balaban J connectivity index is 1.51. The Morgan fingerprint density at radius 1 is 0.963 bits per heavy atom. The number of imide groups is 1. The van der Waals surface area contributed by atoms with E-state index in [9.17, 15) is 14.4 Å². The van der Waals surface area contributed by atoms with Crippen LogP contribution < -0.4 is 16.0 Å². The zero-order chi connectivity index (χ0) is 19.1. The topological polar surface area (TPSA) is 87.3 Å². The number of urea groups is 1. The van der Waals surface area contributed by atoms with Crippen LogP contribution in [-0.2, 0) is 9.59 Å². The molecule has 3 rings (SSSR count). The van der Waals surface area contributed by atoms with E-state index in [-0.39, 0.29) is 24.2 Å². The lowest BCUT2D eigenvalue weighted by Gasteiger charge is -2.18. The molecule has 0 saturated carbocycles. The summed E-state index contributed by atoms with van der Waals surface area (Å²) in [5.41, 5.74) is 2.42. The lowest BCUT2D eigenvalue weighted by molar-refractivity contribution is -0.122. The van der Waals surface area contributed by atoms with Gasteiger partial charge in [-0.15, -0.1) is 0 Å². The Morgan fingerprint density at radius 3 is 2.07 bits per heavy atom. The third-order valence-electron chi connectivity index (χ3n) is 4.68. The standard InChI is InChI=1S/C21H23N3O3/c25-19(12-11-18-20(26)24-21(27)23-18)22-14-13-17(15-7-3-1-4-8-15)16-9-5-2-6-10-16/h1-10,17-18H,11-14H2,(H,22,25)(H2,23,24,26,27)/t18-/m1/s1. The van der Waals surface area contributed by atoms with Crippen molar-refractivity contribution in [2.45, 2.75) is 31.2 Å². The molecule has 1 aliphatic rings. The Hall–Kier alpha value is -3.15. The molecular weight excluding hydrogens is 342 g/mol. The smallest absolute Gasteiger partial charge is 0.322 e. The molecule has 0 unspecified atom stereocenters. The van der Waals surface area contributed by atoms with E-state index in [1.165, 1.54) is 11.1 Å². The van der Waals surface area contributed by atoms with Gasteiger partial charge in [-0.25, -0.2) is 4.79 Å². The number of hydrogen-bond acceptors (Lipinski definition) is 3. The summed E-state index contributed by atoms with van der Waals surface area (Å²) in [4.78, 5) is 34.7. The Labute approximate surface area is 158 Å². The summed E-state index contributed by atoms with van der Waals surface area (Å²) in [6.07, 6.45) is 1.27. The highest BCUT2D eigenvalue weighted by molar-refractivity contribution is 6.04. The molecule has 0 bridgehead atoms. The van der Waals surface area contributed by atoms with Crippen molar-refractivity contribution in [1.29, 1.82) is 0 Å². The van der Waals surface area contributed by atoms with Crippen molar-refractivity contribution in [3.05, 3.63) is 71.8 Å². The number of nitrogens with one attached hydrogen (secondary N) is 3. The molecule has 6 nitrogen and oxygen atoms in total. The van der Waals surface area contributed by atoms with Crippen LogP contribution in [0.1, 0.15) is 36.3 Å². The predicted molar refractivity (Wildman–Crippen MR) is 102 cm³/mol. The van der Waals surface area contributed by atoms with Crippen LogP contribution >= 0.6 is 0 Å². The average Bonchev–Trinajstić information content (AvgIpc) is 3.02. The molecule has 1 heterocycles. The molecule has 3 N–H and O–H groups in total. The molecule has 0 spiro atoms. The third-order valence-corrected chi connectivity index (χ3v) is 4.68. The third kappa shape index (κ3) is 5.17. The fraction of sp³-hybridized carbons (Fsp3) is 0.286. The molecule has 0 radical (unpaired) electrons. The van der Waals surface area contributed by atoms with Gasteiger partial charge in [0, 0.05) is 18.9 Å². The van der Waals surface area contributed by atoms with E-state index in [1.54, 1.807) is 0 Å². The first-order valence-electron chi connectivity index (χ1n) is 9.11. The maximum atomic E-state index is 12.1. The maximum absolute atomic E-state index is 12.1. The van der Waals surface area contributed by atoms with Gasteiger partial charge < -0.3 is 10.6 Å². The Morgan fingerprint density at radius 2 is 1.56 bits per heavy atom.